The topological polar surface area (TPSA) is 84.5 Å². The zero-order valence-corrected chi connectivity index (χ0v) is 19.8. The van der Waals surface area contributed by atoms with Gasteiger partial charge in [0.15, 0.2) is 0 Å². The summed E-state index contributed by atoms with van der Waals surface area (Å²) < 4.78 is 7.54. The molecule has 5 heterocycles. The first-order chi connectivity index (χ1) is 16.2. The van der Waals surface area contributed by atoms with Crippen LogP contribution in [-0.4, -0.2) is 85.3 Å². The fraction of sp³-hybridized carbons (Fsp3) is 0.625. The van der Waals surface area contributed by atoms with Gasteiger partial charge in [-0.3, -0.25) is 4.79 Å². The molecule has 1 aromatic heterocycles. The predicted molar refractivity (Wildman–Crippen MR) is 124 cm³/mol. The number of hydrogen-bond donors (Lipinski definition) is 2. The van der Waals surface area contributed by atoms with Crippen molar-refractivity contribution in [2.45, 2.75) is 32.0 Å². The van der Waals surface area contributed by atoms with E-state index in [1.54, 1.807) is 12.0 Å². The second-order valence-corrected chi connectivity index (χ2v) is 9.73. The molecule has 2 aromatic rings. The molecule has 4 aliphatic rings. The van der Waals surface area contributed by atoms with Crippen LogP contribution >= 0.6 is 0 Å². The number of nitrogens with one attached hydrogen (secondary N) is 1. The van der Waals surface area contributed by atoms with Crippen LogP contribution in [0.2, 0.25) is 0 Å². The van der Waals surface area contributed by atoms with E-state index in [0.717, 1.165) is 75.8 Å². The molecule has 178 valence electrons. The van der Waals surface area contributed by atoms with E-state index in [1.807, 2.05) is 29.9 Å². The summed E-state index contributed by atoms with van der Waals surface area (Å²) in [5, 5.41) is 10.7. The summed E-state index contributed by atoms with van der Waals surface area (Å²) >= 11 is 0. The molecule has 0 spiro atoms. The van der Waals surface area contributed by atoms with Crippen LogP contribution in [-0.2, 0) is 17.9 Å². The molecule has 4 fully saturated rings. The first-order valence-corrected chi connectivity index (χ1v) is 12.3. The first-order valence-electron chi connectivity index (χ1n) is 12.3. The maximum Gasteiger partial charge on any atom is 0.231 e. The molecule has 2 bridgehead atoms. The van der Waals surface area contributed by atoms with E-state index >= 15 is 0 Å². The highest BCUT2D eigenvalue weighted by molar-refractivity contribution is 5.80. The standard InChI is InChI=1S/C24H35N7O2/c1-25-14-19-15-31(27-26-19)16-20-13-18-7-8-30(20)17-21(18)24(32)29-11-9-28(10-12-29)22-5-3-4-6-23(22)33-2/h3-6,15,18,20-21,25H,7-14,16-17H2,1-2H3/p+2/t18-,20+,21-/m0/s1. The van der Waals surface area contributed by atoms with E-state index < -0.39 is 0 Å². The van der Waals surface area contributed by atoms with Gasteiger partial charge in [-0.15, -0.1) is 5.10 Å². The number of benzene rings is 1. The van der Waals surface area contributed by atoms with Crippen LogP contribution in [0.1, 0.15) is 18.5 Å². The Balaban J connectivity index is 1.16. The van der Waals surface area contributed by atoms with E-state index in [-0.39, 0.29) is 5.92 Å². The smallest absolute Gasteiger partial charge is 0.231 e. The van der Waals surface area contributed by atoms with Crippen LogP contribution < -0.4 is 19.9 Å². The molecule has 3 N–H and O–H groups in total. The Morgan fingerprint density at radius 1 is 1.24 bits per heavy atom. The third-order valence-electron chi connectivity index (χ3n) is 7.79. The Bertz CT molecular complexity index is 956. The van der Waals surface area contributed by atoms with Crippen molar-refractivity contribution in [1.29, 1.82) is 0 Å². The number of piperazine rings is 1. The second kappa shape index (κ2) is 9.69. The number of piperidine rings is 3. The van der Waals surface area contributed by atoms with Crippen molar-refractivity contribution in [1.82, 2.24) is 19.9 Å². The van der Waals surface area contributed by atoms with E-state index in [9.17, 15) is 4.79 Å². The second-order valence-electron chi connectivity index (χ2n) is 9.73. The maximum atomic E-state index is 13.5. The number of nitrogens with zero attached hydrogens (tertiary/aromatic N) is 5. The monoisotopic (exact) mass is 455 g/mol. The molecule has 1 amide bonds. The molecule has 1 unspecified atom stereocenters. The summed E-state index contributed by atoms with van der Waals surface area (Å²) in [7, 11) is 3.76. The summed E-state index contributed by atoms with van der Waals surface area (Å²) in [4.78, 5) is 19.5. The molecular weight excluding hydrogens is 418 g/mol. The van der Waals surface area contributed by atoms with Gasteiger partial charge >= 0.3 is 0 Å². The Morgan fingerprint density at radius 2 is 2.06 bits per heavy atom. The number of carbonyl (C=O) groups is 1. The van der Waals surface area contributed by atoms with Gasteiger partial charge in [0.1, 0.15) is 24.0 Å². The van der Waals surface area contributed by atoms with Crippen LogP contribution in [0.15, 0.2) is 30.5 Å². The highest BCUT2D eigenvalue weighted by atomic mass is 16.5. The van der Waals surface area contributed by atoms with Crippen molar-refractivity contribution in [3.05, 3.63) is 36.2 Å². The molecule has 0 aliphatic carbocycles. The van der Waals surface area contributed by atoms with E-state index in [0.29, 0.717) is 17.9 Å². The van der Waals surface area contributed by atoms with E-state index in [1.165, 1.54) is 6.54 Å². The number of nitrogens with two attached hydrogens (primary N) is 1. The van der Waals surface area contributed by atoms with Gasteiger partial charge in [0.2, 0.25) is 5.91 Å². The zero-order chi connectivity index (χ0) is 22.8. The number of quaternary nitrogens is 2. The average molecular weight is 456 g/mol. The third kappa shape index (κ3) is 4.56. The number of methoxy groups -OCH3 is 1. The molecule has 0 radical (unpaired) electrons. The summed E-state index contributed by atoms with van der Waals surface area (Å²) in [6.07, 6.45) is 4.35. The van der Waals surface area contributed by atoms with Crippen molar-refractivity contribution >= 4 is 11.6 Å². The number of amides is 1. The molecule has 4 saturated heterocycles. The van der Waals surface area contributed by atoms with Gasteiger partial charge in [-0.05, 0) is 18.1 Å². The third-order valence-corrected chi connectivity index (χ3v) is 7.79. The van der Waals surface area contributed by atoms with E-state index in [4.69, 9.17) is 4.74 Å². The quantitative estimate of drug-likeness (QED) is 0.538. The Morgan fingerprint density at radius 3 is 2.79 bits per heavy atom. The maximum absolute atomic E-state index is 13.5. The van der Waals surface area contributed by atoms with Gasteiger partial charge in [0.25, 0.3) is 0 Å². The lowest BCUT2D eigenvalue weighted by Crippen LogP contribution is -3.20. The van der Waals surface area contributed by atoms with Crippen LogP contribution in [0.3, 0.4) is 0 Å². The van der Waals surface area contributed by atoms with Crippen molar-refractivity contribution in [2.75, 3.05) is 58.3 Å². The van der Waals surface area contributed by atoms with Crippen molar-refractivity contribution < 1.29 is 19.7 Å². The Labute approximate surface area is 195 Å². The Hall–Kier alpha value is -2.65. The van der Waals surface area contributed by atoms with Gasteiger partial charge in [0.05, 0.1) is 51.6 Å². The number of hydrogen-bond acceptors (Lipinski definition) is 5. The van der Waals surface area contributed by atoms with Gasteiger partial charge in [-0.1, -0.05) is 17.3 Å². The number of fused-ring (bicyclic) bond motifs is 3. The van der Waals surface area contributed by atoms with Gasteiger partial charge in [-0.2, -0.15) is 0 Å². The molecule has 4 aliphatic heterocycles. The molecule has 4 atom stereocenters. The Kier molecular flexibility index (Phi) is 6.50. The van der Waals surface area contributed by atoms with Crippen LogP contribution in [0.5, 0.6) is 5.75 Å². The minimum Gasteiger partial charge on any atom is -0.495 e. The number of carbonyl (C=O) groups excluding carboxylic acids is 1. The normalized spacial score (nSPS) is 27.1. The highest BCUT2D eigenvalue weighted by Crippen LogP contribution is 2.31. The molecule has 6 rings (SSSR count). The lowest BCUT2D eigenvalue weighted by molar-refractivity contribution is -0.945. The summed E-state index contributed by atoms with van der Waals surface area (Å²) in [6, 6.07) is 8.68. The largest absolute Gasteiger partial charge is 0.495 e. The lowest BCUT2D eigenvalue weighted by atomic mass is 9.75. The van der Waals surface area contributed by atoms with Gasteiger partial charge in [0, 0.05) is 39.0 Å². The molecule has 1 aromatic carbocycles. The number of ether oxygens (including phenoxy) is 1. The fourth-order valence-electron chi connectivity index (χ4n) is 6.05. The first kappa shape index (κ1) is 22.2. The molecular formula is C24H37N7O2+2. The fourth-order valence-corrected chi connectivity index (χ4v) is 6.05. The molecule has 33 heavy (non-hydrogen) atoms. The van der Waals surface area contributed by atoms with Crippen LogP contribution in [0.4, 0.5) is 5.69 Å². The number of aromatic nitrogens is 3. The predicted octanol–water partition coefficient (Wildman–Crippen LogP) is -1.38. The van der Waals surface area contributed by atoms with Crippen molar-refractivity contribution in [2.24, 2.45) is 11.8 Å². The minimum absolute atomic E-state index is 0.170. The minimum atomic E-state index is 0.170. The van der Waals surface area contributed by atoms with Gasteiger partial charge in [-0.25, -0.2) is 4.68 Å². The van der Waals surface area contributed by atoms with Crippen molar-refractivity contribution in [3.8, 4) is 5.75 Å². The number of para-hydroxylation sites is 2. The summed E-state index contributed by atoms with van der Waals surface area (Å²) in [5.74, 6) is 1.94. The molecule has 9 nitrogen and oxygen atoms in total. The van der Waals surface area contributed by atoms with Crippen molar-refractivity contribution in [3.63, 3.8) is 0 Å². The van der Waals surface area contributed by atoms with E-state index in [2.05, 4.69) is 37.7 Å². The number of anilines is 1. The van der Waals surface area contributed by atoms with Crippen LogP contribution in [0, 0.1) is 11.8 Å². The molecule has 0 saturated carbocycles. The lowest BCUT2D eigenvalue weighted by Gasteiger charge is -2.47. The zero-order valence-electron chi connectivity index (χ0n) is 19.8. The van der Waals surface area contributed by atoms with Crippen LogP contribution in [0.25, 0.3) is 0 Å². The average Bonchev–Trinajstić information content (AvgIpc) is 3.31. The summed E-state index contributed by atoms with van der Waals surface area (Å²) in [6.45, 7) is 7.19. The van der Waals surface area contributed by atoms with Gasteiger partial charge < -0.3 is 24.8 Å². The number of rotatable bonds is 7. The molecule has 9 heteroatoms. The SMILES string of the molecule is C[NH2+]Cc1cn(C[C@H]2C[C@@H]3CC[NH+]2C[C@@H]3C(=O)N2CCN(c3ccccc3OC)CC2)nn1. The highest BCUT2D eigenvalue weighted by Gasteiger charge is 2.48. The summed E-state index contributed by atoms with van der Waals surface area (Å²) in [5.41, 5.74) is 2.15.